The molecule has 0 saturated carbocycles. The highest BCUT2D eigenvalue weighted by molar-refractivity contribution is 5.86. The van der Waals surface area contributed by atoms with Gasteiger partial charge in [-0.2, -0.15) is 0 Å². The lowest BCUT2D eigenvalue weighted by atomic mass is 9.93. The first-order valence-corrected chi connectivity index (χ1v) is 8.04. The molecule has 2 aromatic rings. The molecule has 0 aromatic heterocycles. The van der Waals surface area contributed by atoms with E-state index in [2.05, 4.69) is 26.1 Å². The van der Waals surface area contributed by atoms with Crippen molar-refractivity contribution in [3.63, 3.8) is 0 Å². The number of hydrogen-bond donors (Lipinski definition) is 1. The first-order chi connectivity index (χ1) is 10.1. The van der Waals surface area contributed by atoms with Crippen molar-refractivity contribution in [2.45, 2.75) is 46.1 Å². The van der Waals surface area contributed by atoms with Crippen LogP contribution < -0.4 is 5.32 Å². The summed E-state index contributed by atoms with van der Waals surface area (Å²) in [5, 5.41) is 5.39. The van der Waals surface area contributed by atoms with Gasteiger partial charge in [-0.3, -0.25) is 0 Å². The summed E-state index contributed by atoms with van der Waals surface area (Å²) in [7, 11) is 0. The number of rotatable bonds is 7. The monoisotopic (exact) mass is 287 g/mol. The van der Waals surface area contributed by atoms with Crippen LogP contribution in [0.25, 0.3) is 10.8 Å². The van der Waals surface area contributed by atoms with Gasteiger partial charge in [0.2, 0.25) is 0 Å². The predicted molar refractivity (Wildman–Crippen MR) is 89.0 cm³/mol. The van der Waals surface area contributed by atoms with Gasteiger partial charge in [-0.1, -0.05) is 51.1 Å². The zero-order valence-electron chi connectivity index (χ0n) is 13.3. The van der Waals surface area contributed by atoms with Crippen molar-refractivity contribution in [1.82, 2.24) is 5.32 Å². The van der Waals surface area contributed by atoms with Crippen molar-refractivity contribution in [1.29, 1.82) is 0 Å². The minimum Gasteiger partial charge on any atom is -0.310 e. The number of fused-ring (bicyclic) bond motifs is 1. The fourth-order valence-electron chi connectivity index (χ4n) is 2.78. The van der Waals surface area contributed by atoms with Gasteiger partial charge in [0.25, 0.3) is 0 Å². The SMILES string of the molecule is CCCNC(CCC(C)C)c1ccc(F)c2ccccc12. The summed E-state index contributed by atoms with van der Waals surface area (Å²) >= 11 is 0. The Morgan fingerprint density at radius 2 is 1.71 bits per heavy atom. The summed E-state index contributed by atoms with van der Waals surface area (Å²) in [6.45, 7) is 7.67. The maximum atomic E-state index is 14.0. The zero-order valence-corrected chi connectivity index (χ0v) is 13.3. The van der Waals surface area contributed by atoms with Crippen molar-refractivity contribution in [3.05, 3.63) is 47.8 Å². The topological polar surface area (TPSA) is 12.0 Å². The van der Waals surface area contributed by atoms with Gasteiger partial charge in [-0.15, -0.1) is 0 Å². The smallest absolute Gasteiger partial charge is 0.131 e. The molecular weight excluding hydrogens is 261 g/mol. The summed E-state index contributed by atoms with van der Waals surface area (Å²) in [6, 6.07) is 11.6. The molecule has 0 heterocycles. The van der Waals surface area contributed by atoms with E-state index in [9.17, 15) is 4.39 Å². The lowest BCUT2D eigenvalue weighted by Gasteiger charge is -2.22. The normalized spacial score (nSPS) is 13.0. The highest BCUT2D eigenvalue weighted by Gasteiger charge is 2.15. The highest BCUT2D eigenvalue weighted by Crippen LogP contribution is 2.29. The molecule has 0 saturated heterocycles. The molecule has 0 aliphatic heterocycles. The van der Waals surface area contributed by atoms with Crippen molar-refractivity contribution >= 4 is 10.8 Å². The van der Waals surface area contributed by atoms with E-state index >= 15 is 0 Å². The Hall–Kier alpha value is -1.41. The van der Waals surface area contributed by atoms with Crippen LogP contribution in [0, 0.1) is 11.7 Å². The fraction of sp³-hybridized carbons (Fsp3) is 0.474. The highest BCUT2D eigenvalue weighted by atomic mass is 19.1. The van der Waals surface area contributed by atoms with E-state index in [-0.39, 0.29) is 5.82 Å². The third-order valence-corrected chi connectivity index (χ3v) is 3.95. The van der Waals surface area contributed by atoms with Crippen molar-refractivity contribution < 1.29 is 4.39 Å². The fourth-order valence-corrected chi connectivity index (χ4v) is 2.78. The van der Waals surface area contributed by atoms with E-state index in [1.54, 1.807) is 6.07 Å². The molecule has 0 radical (unpaired) electrons. The zero-order chi connectivity index (χ0) is 15.2. The Morgan fingerprint density at radius 3 is 2.38 bits per heavy atom. The summed E-state index contributed by atoms with van der Waals surface area (Å²) in [5.41, 5.74) is 1.22. The Labute approximate surface area is 127 Å². The number of nitrogens with one attached hydrogen (secondary N) is 1. The van der Waals surface area contributed by atoms with Crippen LogP contribution in [0.1, 0.15) is 51.6 Å². The van der Waals surface area contributed by atoms with Gasteiger partial charge >= 0.3 is 0 Å². The van der Waals surface area contributed by atoms with Gasteiger partial charge in [0.15, 0.2) is 0 Å². The van der Waals surface area contributed by atoms with E-state index in [0.717, 1.165) is 30.2 Å². The maximum Gasteiger partial charge on any atom is 0.131 e. The predicted octanol–water partition coefficient (Wildman–Crippen LogP) is 5.46. The van der Waals surface area contributed by atoms with Crippen molar-refractivity contribution in [2.75, 3.05) is 6.54 Å². The first kappa shape index (κ1) is 16.0. The second-order valence-corrected chi connectivity index (χ2v) is 6.16. The van der Waals surface area contributed by atoms with Crippen LogP contribution in [0.15, 0.2) is 36.4 Å². The summed E-state index contributed by atoms with van der Waals surface area (Å²) in [6.07, 6.45) is 3.37. The first-order valence-electron chi connectivity index (χ1n) is 8.04. The van der Waals surface area contributed by atoms with Crippen LogP contribution in [0.4, 0.5) is 4.39 Å². The molecule has 2 heteroatoms. The lowest BCUT2D eigenvalue weighted by Crippen LogP contribution is -2.23. The second kappa shape index (κ2) is 7.56. The van der Waals surface area contributed by atoms with Crippen LogP contribution >= 0.6 is 0 Å². The molecule has 1 N–H and O–H groups in total. The van der Waals surface area contributed by atoms with Crippen LogP contribution in [0.5, 0.6) is 0 Å². The average Bonchev–Trinajstić information content (AvgIpc) is 2.49. The Balaban J connectivity index is 2.36. The molecule has 21 heavy (non-hydrogen) atoms. The minimum atomic E-state index is -0.132. The molecule has 0 aliphatic carbocycles. The maximum absolute atomic E-state index is 14.0. The minimum absolute atomic E-state index is 0.132. The number of halogens is 1. The largest absolute Gasteiger partial charge is 0.310 e. The van der Waals surface area contributed by atoms with E-state index < -0.39 is 0 Å². The standard InChI is InChI=1S/C19H26FN/c1-4-13-21-19(12-9-14(2)3)17-10-11-18(20)16-8-6-5-7-15(16)17/h5-8,10-11,14,19,21H,4,9,12-13H2,1-3H3. The molecule has 1 atom stereocenters. The number of benzene rings is 2. The average molecular weight is 287 g/mol. The summed E-state index contributed by atoms with van der Waals surface area (Å²) in [4.78, 5) is 0. The molecule has 0 aliphatic rings. The second-order valence-electron chi connectivity index (χ2n) is 6.16. The summed E-state index contributed by atoms with van der Waals surface area (Å²) < 4.78 is 14.0. The Kier molecular flexibility index (Phi) is 5.75. The molecule has 2 aromatic carbocycles. The van der Waals surface area contributed by atoms with Crippen LogP contribution in [-0.4, -0.2) is 6.54 Å². The summed E-state index contributed by atoms with van der Waals surface area (Å²) in [5.74, 6) is 0.551. The molecule has 0 bridgehead atoms. The van der Waals surface area contributed by atoms with Crippen molar-refractivity contribution in [2.24, 2.45) is 5.92 Å². The van der Waals surface area contributed by atoms with Crippen LogP contribution in [0.2, 0.25) is 0 Å². The number of hydrogen-bond acceptors (Lipinski definition) is 1. The van der Waals surface area contributed by atoms with E-state index in [4.69, 9.17) is 0 Å². The molecule has 0 spiro atoms. The van der Waals surface area contributed by atoms with Gasteiger partial charge in [0.1, 0.15) is 5.82 Å². The lowest BCUT2D eigenvalue weighted by molar-refractivity contribution is 0.442. The van der Waals surface area contributed by atoms with E-state index in [1.165, 1.54) is 12.0 Å². The Bertz CT molecular complexity index is 577. The molecule has 1 unspecified atom stereocenters. The van der Waals surface area contributed by atoms with Gasteiger partial charge in [0, 0.05) is 11.4 Å². The quantitative estimate of drug-likeness (QED) is 0.713. The molecular formula is C19H26FN. The molecule has 2 rings (SSSR count). The van der Waals surface area contributed by atoms with Gasteiger partial charge < -0.3 is 5.32 Å². The molecule has 1 nitrogen and oxygen atoms in total. The molecule has 0 fully saturated rings. The van der Waals surface area contributed by atoms with E-state index in [0.29, 0.717) is 12.0 Å². The third kappa shape index (κ3) is 4.04. The third-order valence-electron chi connectivity index (χ3n) is 3.95. The van der Waals surface area contributed by atoms with Gasteiger partial charge in [0.05, 0.1) is 0 Å². The van der Waals surface area contributed by atoms with E-state index in [1.807, 2.05) is 30.3 Å². The van der Waals surface area contributed by atoms with Gasteiger partial charge in [-0.05, 0) is 48.7 Å². The Morgan fingerprint density at radius 1 is 1.00 bits per heavy atom. The van der Waals surface area contributed by atoms with Crippen LogP contribution in [0.3, 0.4) is 0 Å². The van der Waals surface area contributed by atoms with Crippen molar-refractivity contribution in [3.8, 4) is 0 Å². The molecule has 114 valence electrons. The van der Waals surface area contributed by atoms with Crippen LogP contribution in [-0.2, 0) is 0 Å². The molecule has 0 amide bonds. The van der Waals surface area contributed by atoms with Gasteiger partial charge in [-0.25, -0.2) is 4.39 Å².